The van der Waals surface area contributed by atoms with Gasteiger partial charge in [0.05, 0.1) is 6.61 Å². The van der Waals surface area contributed by atoms with E-state index in [-0.39, 0.29) is 18.6 Å². The molecule has 0 aromatic carbocycles. The third-order valence-corrected chi connectivity index (χ3v) is 3.73. The smallest absolute Gasteiger partial charge is 0.323 e. The predicted molar refractivity (Wildman–Crippen MR) is 76.4 cm³/mol. The number of aliphatic hydroxyl groups is 1. The number of hydrogen-bond donors (Lipinski definition) is 3. The normalized spacial score (nSPS) is 22.5. The van der Waals surface area contributed by atoms with E-state index >= 15 is 0 Å². The Kier molecular flexibility index (Phi) is 5.34. The molecule has 2 unspecified atom stereocenters. The zero-order chi connectivity index (χ0) is 14.4. The molecule has 1 aliphatic rings. The van der Waals surface area contributed by atoms with E-state index in [0.29, 0.717) is 24.4 Å². The van der Waals surface area contributed by atoms with Crippen LogP contribution >= 0.6 is 0 Å². The molecular formula is C13H23N5O2. The summed E-state index contributed by atoms with van der Waals surface area (Å²) in [6.45, 7) is 3.33. The van der Waals surface area contributed by atoms with Crippen LogP contribution in [0.1, 0.15) is 32.6 Å². The number of nitrogens with one attached hydrogen (secondary N) is 1. The molecule has 1 aliphatic carbocycles. The summed E-state index contributed by atoms with van der Waals surface area (Å²) in [4.78, 5) is 12.1. The Bertz CT molecular complexity index is 429. The zero-order valence-electron chi connectivity index (χ0n) is 11.9. The van der Waals surface area contributed by atoms with Crippen LogP contribution in [0.3, 0.4) is 0 Å². The van der Waals surface area contributed by atoms with Gasteiger partial charge in [-0.1, -0.05) is 12.8 Å². The highest BCUT2D eigenvalue weighted by Crippen LogP contribution is 2.29. The standard InChI is InChI=1S/C13H23N5O2/c1-2-20-13-17-11(14)16-12(18-13)15-7-9-5-3-4-6-10(9)8-19/h9-10,19H,2-8H2,1H3,(H3,14,15,16,17,18). The Balaban J connectivity index is 1.95. The molecule has 112 valence electrons. The van der Waals surface area contributed by atoms with Crippen molar-refractivity contribution < 1.29 is 9.84 Å². The van der Waals surface area contributed by atoms with Crippen LogP contribution in [0.15, 0.2) is 0 Å². The third kappa shape index (κ3) is 3.93. The number of ether oxygens (including phenoxy) is 1. The minimum Gasteiger partial charge on any atom is -0.464 e. The summed E-state index contributed by atoms with van der Waals surface area (Å²) in [6.07, 6.45) is 4.63. The van der Waals surface area contributed by atoms with Crippen LogP contribution < -0.4 is 15.8 Å². The highest BCUT2D eigenvalue weighted by atomic mass is 16.5. The maximum atomic E-state index is 9.41. The SMILES string of the molecule is CCOc1nc(N)nc(NCC2CCCCC2CO)n1. The lowest BCUT2D eigenvalue weighted by atomic mass is 9.80. The van der Waals surface area contributed by atoms with E-state index < -0.39 is 0 Å². The van der Waals surface area contributed by atoms with Gasteiger partial charge in [-0.2, -0.15) is 15.0 Å². The second-order valence-electron chi connectivity index (χ2n) is 5.10. The molecule has 4 N–H and O–H groups in total. The van der Waals surface area contributed by atoms with E-state index in [1.54, 1.807) is 0 Å². The zero-order valence-corrected chi connectivity index (χ0v) is 11.9. The number of hydrogen-bond acceptors (Lipinski definition) is 7. The van der Waals surface area contributed by atoms with Gasteiger partial charge in [-0.3, -0.25) is 0 Å². The number of nitrogen functional groups attached to an aromatic ring is 1. The van der Waals surface area contributed by atoms with Crippen molar-refractivity contribution in [3.05, 3.63) is 0 Å². The average molecular weight is 281 g/mol. The fourth-order valence-electron chi connectivity index (χ4n) is 2.66. The van der Waals surface area contributed by atoms with Crippen LogP contribution in [-0.4, -0.2) is 39.8 Å². The van der Waals surface area contributed by atoms with Crippen molar-refractivity contribution in [2.24, 2.45) is 11.8 Å². The monoisotopic (exact) mass is 281 g/mol. The molecule has 0 bridgehead atoms. The number of aromatic nitrogens is 3. The van der Waals surface area contributed by atoms with Crippen molar-refractivity contribution in [3.8, 4) is 6.01 Å². The molecule has 0 spiro atoms. The summed E-state index contributed by atoms with van der Waals surface area (Å²) in [6, 6.07) is 0.241. The van der Waals surface area contributed by atoms with Gasteiger partial charge in [0.1, 0.15) is 0 Å². The van der Waals surface area contributed by atoms with E-state index in [9.17, 15) is 5.11 Å². The highest BCUT2D eigenvalue weighted by molar-refractivity contribution is 5.32. The summed E-state index contributed by atoms with van der Waals surface area (Å²) < 4.78 is 5.24. The fraction of sp³-hybridized carbons (Fsp3) is 0.769. The molecule has 2 atom stereocenters. The number of nitrogens with zero attached hydrogens (tertiary/aromatic N) is 3. The molecular weight excluding hydrogens is 258 g/mol. The van der Waals surface area contributed by atoms with Crippen LogP contribution in [0.4, 0.5) is 11.9 Å². The molecule has 2 rings (SSSR count). The first-order valence-electron chi connectivity index (χ1n) is 7.22. The quantitative estimate of drug-likeness (QED) is 0.715. The molecule has 1 saturated carbocycles. The first kappa shape index (κ1) is 14.8. The van der Waals surface area contributed by atoms with Crippen molar-refractivity contribution in [1.29, 1.82) is 0 Å². The molecule has 1 fully saturated rings. The Hall–Kier alpha value is -1.63. The summed E-state index contributed by atoms with van der Waals surface area (Å²) in [5.74, 6) is 1.39. The van der Waals surface area contributed by atoms with Crippen LogP contribution in [0.5, 0.6) is 6.01 Å². The number of rotatable bonds is 6. The fourth-order valence-corrected chi connectivity index (χ4v) is 2.66. The maximum absolute atomic E-state index is 9.41. The van der Waals surface area contributed by atoms with Gasteiger partial charge in [-0.25, -0.2) is 0 Å². The van der Waals surface area contributed by atoms with Crippen molar-refractivity contribution in [2.45, 2.75) is 32.6 Å². The number of nitrogens with two attached hydrogens (primary N) is 1. The summed E-state index contributed by atoms with van der Waals surface area (Å²) in [5.41, 5.74) is 5.63. The van der Waals surface area contributed by atoms with E-state index in [0.717, 1.165) is 19.4 Å². The van der Waals surface area contributed by atoms with E-state index in [1.807, 2.05) is 6.92 Å². The second-order valence-corrected chi connectivity index (χ2v) is 5.10. The molecule has 1 heterocycles. The van der Waals surface area contributed by atoms with E-state index in [1.165, 1.54) is 12.8 Å². The van der Waals surface area contributed by atoms with Crippen LogP contribution in [-0.2, 0) is 0 Å². The lowest BCUT2D eigenvalue weighted by Gasteiger charge is -2.30. The van der Waals surface area contributed by atoms with Gasteiger partial charge in [0, 0.05) is 13.2 Å². The highest BCUT2D eigenvalue weighted by Gasteiger charge is 2.24. The van der Waals surface area contributed by atoms with Gasteiger partial charge >= 0.3 is 6.01 Å². The minimum absolute atomic E-state index is 0.147. The lowest BCUT2D eigenvalue weighted by molar-refractivity contribution is 0.141. The Morgan fingerprint density at radius 3 is 2.70 bits per heavy atom. The molecule has 0 amide bonds. The first-order chi connectivity index (χ1) is 9.72. The minimum atomic E-state index is 0.147. The maximum Gasteiger partial charge on any atom is 0.323 e. The second kappa shape index (κ2) is 7.23. The Morgan fingerprint density at radius 1 is 1.25 bits per heavy atom. The van der Waals surface area contributed by atoms with Crippen LogP contribution in [0.25, 0.3) is 0 Å². The predicted octanol–water partition coefficient (Wildman–Crippen LogP) is 1.06. The van der Waals surface area contributed by atoms with Gasteiger partial charge in [-0.05, 0) is 31.6 Å². The summed E-state index contributed by atoms with van der Waals surface area (Å²) in [5, 5.41) is 12.6. The summed E-state index contributed by atoms with van der Waals surface area (Å²) >= 11 is 0. The largest absolute Gasteiger partial charge is 0.464 e. The van der Waals surface area contributed by atoms with Crippen molar-refractivity contribution >= 4 is 11.9 Å². The van der Waals surface area contributed by atoms with Gasteiger partial charge in [0.15, 0.2) is 0 Å². The van der Waals surface area contributed by atoms with Gasteiger partial charge in [0.2, 0.25) is 11.9 Å². The molecule has 1 aromatic heterocycles. The average Bonchev–Trinajstić information content (AvgIpc) is 2.45. The summed E-state index contributed by atoms with van der Waals surface area (Å²) in [7, 11) is 0. The molecule has 0 radical (unpaired) electrons. The Labute approximate surface area is 119 Å². The molecule has 7 heteroatoms. The van der Waals surface area contributed by atoms with Crippen molar-refractivity contribution in [2.75, 3.05) is 30.8 Å². The van der Waals surface area contributed by atoms with Crippen LogP contribution in [0.2, 0.25) is 0 Å². The van der Waals surface area contributed by atoms with E-state index in [2.05, 4.69) is 20.3 Å². The molecule has 7 nitrogen and oxygen atoms in total. The number of aliphatic hydroxyl groups excluding tert-OH is 1. The van der Waals surface area contributed by atoms with E-state index in [4.69, 9.17) is 10.5 Å². The Morgan fingerprint density at radius 2 is 2.00 bits per heavy atom. The topological polar surface area (TPSA) is 106 Å². The van der Waals surface area contributed by atoms with Gasteiger partial charge in [-0.15, -0.1) is 0 Å². The molecule has 0 aliphatic heterocycles. The molecule has 1 aromatic rings. The third-order valence-electron chi connectivity index (χ3n) is 3.73. The van der Waals surface area contributed by atoms with Gasteiger partial charge in [0.25, 0.3) is 0 Å². The molecule has 0 saturated heterocycles. The molecule has 20 heavy (non-hydrogen) atoms. The van der Waals surface area contributed by atoms with Gasteiger partial charge < -0.3 is 20.9 Å². The lowest BCUT2D eigenvalue weighted by Crippen LogP contribution is -2.29. The number of anilines is 2. The first-order valence-corrected chi connectivity index (χ1v) is 7.22. The van der Waals surface area contributed by atoms with Crippen molar-refractivity contribution in [1.82, 2.24) is 15.0 Å². The van der Waals surface area contributed by atoms with Crippen LogP contribution in [0, 0.1) is 11.8 Å². The van der Waals surface area contributed by atoms with Crippen molar-refractivity contribution in [3.63, 3.8) is 0 Å².